The predicted molar refractivity (Wildman–Crippen MR) is 67.9 cm³/mol. The topological polar surface area (TPSA) is 113 Å². The third kappa shape index (κ3) is 5.96. The lowest BCUT2D eigenvalue weighted by atomic mass is 10.2. The monoisotopic (exact) mass is 281 g/mol. The number of nitrogens with one attached hydrogen (secondary N) is 1. The smallest absolute Gasteiger partial charge is 0.326 e. The van der Waals surface area contributed by atoms with E-state index < -0.39 is 30.3 Å². The summed E-state index contributed by atoms with van der Waals surface area (Å²) in [6.07, 6.45) is -0.681. The van der Waals surface area contributed by atoms with Gasteiger partial charge in [0.2, 0.25) is 5.91 Å². The van der Waals surface area contributed by atoms with Crippen LogP contribution in [0.5, 0.6) is 0 Å². The van der Waals surface area contributed by atoms with Crippen molar-refractivity contribution >= 4 is 17.8 Å². The molecule has 3 N–H and O–H groups in total. The van der Waals surface area contributed by atoms with Gasteiger partial charge in [-0.05, 0) is 5.56 Å². The number of carbonyl (C=O) groups is 3. The van der Waals surface area contributed by atoms with Crippen molar-refractivity contribution in [2.24, 2.45) is 0 Å². The first-order valence-corrected chi connectivity index (χ1v) is 5.84. The Labute approximate surface area is 115 Å². The van der Waals surface area contributed by atoms with Crippen LogP contribution in [0.2, 0.25) is 0 Å². The summed E-state index contributed by atoms with van der Waals surface area (Å²) < 4.78 is 5.11. The molecule has 0 heterocycles. The number of rotatable bonds is 8. The number of amides is 1. The van der Waals surface area contributed by atoms with Gasteiger partial charge in [0, 0.05) is 0 Å². The maximum atomic E-state index is 11.4. The molecule has 20 heavy (non-hydrogen) atoms. The lowest BCUT2D eigenvalue weighted by Crippen LogP contribution is -2.43. The minimum atomic E-state index is -1.46. The van der Waals surface area contributed by atoms with Crippen molar-refractivity contribution in [1.82, 2.24) is 5.32 Å². The summed E-state index contributed by atoms with van der Waals surface area (Å²) in [5, 5.41) is 19.4. The maximum Gasteiger partial charge on any atom is 0.326 e. The first-order valence-electron chi connectivity index (χ1n) is 5.84. The Hall–Kier alpha value is -2.41. The van der Waals surface area contributed by atoms with E-state index in [-0.39, 0.29) is 13.2 Å². The SMILES string of the molecule is O=C(O)CC(NC(=O)COCc1ccccc1)C(=O)O. The molecule has 7 heteroatoms. The summed E-state index contributed by atoms with van der Waals surface area (Å²) in [4.78, 5) is 32.6. The molecule has 0 aliphatic heterocycles. The predicted octanol–water partition coefficient (Wildman–Crippen LogP) is 0.247. The van der Waals surface area contributed by atoms with Crippen molar-refractivity contribution in [3.05, 3.63) is 35.9 Å². The summed E-state index contributed by atoms with van der Waals surface area (Å²) in [6, 6.07) is 7.68. The molecule has 0 fully saturated rings. The van der Waals surface area contributed by atoms with Crippen LogP contribution in [-0.2, 0) is 25.7 Å². The van der Waals surface area contributed by atoms with Gasteiger partial charge >= 0.3 is 11.9 Å². The second-order valence-electron chi connectivity index (χ2n) is 4.03. The summed E-state index contributed by atoms with van der Waals surface area (Å²) in [6.45, 7) is -0.122. The van der Waals surface area contributed by atoms with E-state index in [0.29, 0.717) is 0 Å². The summed E-state index contributed by atoms with van der Waals surface area (Å²) in [5.41, 5.74) is 0.876. The van der Waals surface area contributed by atoms with Crippen molar-refractivity contribution in [2.75, 3.05) is 6.61 Å². The van der Waals surface area contributed by atoms with E-state index >= 15 is 0 Å². The fraction of sp³-hybridized carbons (Fsp3) is 0.308. The molecule has 1 amide bonds. The number of carbonyl (C=O) groups excluding carboxylic acids is 1. The molecule has 1 unspecified atom stereocenters. The molecule has 0 aromatic heterocycles. The molecule has 7 nitrogen and oxygen atoms in total. The summed E-state index contributed by atoms with van der Waals surface area (Å²) in [7, 11) is 0. The molecule has 1 aromatic carbocycles. The molecule has 0 bridgehead atoms. The van der Waals surface area contributed by atoms with E-state index in [9.17, 15) is 14.4 Å². The van der Waals surface area contributed by atoms with Gasteiger partial charge in [-0.15, -0.1) is 0 Å². The molecular weight excluding hydrogens is 266 g/mol. The lowest BCUT2D eigenvalue weighted by Gasteiger charge is -2.12. The van der Waals surface area contributed by atoms with Gasteiger partial charge in [-0.3, -0.25) is 9.59 Å². The Morgan fingerprint density at radius 2 is 1.80 bits per heavy atom. The first kappa shape index (κ1) is 15.6. The fourth-order valence-electron chi connectivity index (χ4n) is 1.45. The first-order chi connectivity index (χ1) is 9.49. The van der Waals surface area contributed by atoms with Crippen LogP contribution in [0, 0.1) is 0 Å². The van der Waals surface area contributed by atoms with Gasteiger partial charge in [0.1, 0.15) is 12.6 Å². The third-order valence-corrected chi connectivity index (χ3v) is 2.36. The van der Waals surface area contributed by atoms with Gasteiger partial charge in [-0.2, -0.15) is 0 Å². The molecule has 1 atom stereocenters. The second kappa shape index (κ2) is 7.90. The zero-order valence-corrected chi connectivity index (χ0v) is 10.6. The van der Waals surface area contributed by atoms with Gasteiger partial charge in [0.15, 0.2) is 0 Å². The molecule has 1 rings (SSSR count). The highest BCUT2D eigenvalue weighted by Crippen LogP contribution is 2.00. The molecule has 0 aliphatic rings. The highest BCUT2D eigenvalue weighted by molar-refractivity contribution is 5.87. The molecule has 0 aliphatic carbocycles. The lowest BCUT2D eigenvalue weighted by molar-refractivity contribution is -0.147. The number of aliphatic carboxylic acids is 2. The zero-order chi connectivity index (χ0) is 15.0. The molecule has 0 saturated carbocycles. The van der Waals surface area contributed by atoms with E-state index in [2.05, 4.69) is 5.32 Å². The van der Waals surface area contributed by atoms with Crippen molar-refractivity contribution in [3.63, 3.8) is 0 Å². The average Bonchev–Trinajstić information content (AvgIpc) is 2.38. The van der Waals surface area contributed by atoms with Crippen molar-refractivity contribution in [2.45, 2.75) is 19.1 Å². The van der Waals surface area contributed by atoms with Crippen LogP contribution in [0.3, 0.4) is 0 Å². The van der Waals surface area contributed by atoms with Crippen LogP contribution >= 0.6 is 0 Å². The van der Waals surface area contributed by atoms with Crippen molar-refractivity contribution < 1.29 is 29.3 Å². The Morgan fingerprint density at radius 3 is 2.35 bits per heavy atom. The van der Waals surface area contributed by atoms with E-state index in [1.807, 2.05) is 30.3 Å². The number of carboxylic acids is 2. The number of hydrogen-bond acceptors (Lipinski definition) is 4. The largest absolute Gasteiger partial charge is 0.481 e. The number of hydrogen-bond donors (Lipinski definition) is 3. The third-order valence-electron chi connectivity index (χ3n) is 2.36. The highest BCUT2D eigenvalue weighted by atomic mass is 16.5. The fourth-order valence-corrected chi connectivity index (χ4v) is 1.45. The van der Waals surface area contributed by atoms with Gasteiger partial charge < -0.3 is 20.3 Å². The van der Waals surface area contributed by atoms with E-state index in [1.165, 1.54) is 0 Å². The van der Waals surface area contributed by atoms with Crippen LogP contribution < -0.4 is 5.32 Å². The minimum absolute atomic E-state index is 0.213. The second-order valence-corrected chi connectivity index (χ2v) is 4.03. The van der Waals surface area contributed by atoms with E-state index in [4.69, 9.17) is 14.9 Å². The molecule has 1 aromatic rings. The number of carboxylic acid groups (broad SMARTS) is 2. The van der Waals surface area contributed by atoms with Gasteiger partial charge in [-0.1, -0.05) is 30.3 Å². The van der Waals surface area contributed by atoms with Gasteiger partial charge in [0.05, 0.1) is 13.0 Å². The summed E-state index contributed by atoms with van der Waals surface area (Å²) >= 11 is 0. The Balaban J connectivity index is 2.35. The maximum absolute atomic E-state index is 11.4. The molecule has 108 valence electrons. The van der Waals surface area contributed by atoms with Crippen LogP contribution in [0.1, 0.15) is 12.0 Å². The average molecular weight is 281 g/mol. The Kier molecular flexibility index (Phi) is 6.18. The van der Waals surface area contributed by atoms with Crippen LogP contribution in [-0.4, -0.2) is 40.7 Å². The molecule has 0 spiro atoms. The van der Waals surface area contributed by atoms with Crippen LogP contribution in [0.25, 0.3) is 0 Å². The van der Waals surface area contributed by atoms with E-state index in [1.54, 1.807) is 0 Å². The highest BCUT2D eigenvalue weighted by Gasteiger charge is 2.22. The zero-order valence-electron chi connectivity index (χ0n) is 10.6. The van der Waals surface area contributed by atoms with Crippen molar-refractivity contribution in [1.29, 1.82) is 0 Å². The van der Waals surface area contributed by atoms with E-state index in [0.717, 1.165) is 5.56 Å². The quantitative estimate of drug-likeness (QED) is 0.629. The Morgan fingerprint density at radius 1 is 1.15 bits per heavy atom. The summed E-state index contributed by atoms with van der Waals surface area (Å²) in [5.74, 6) is -3.37. The molecule has 0 radical (unpaired) electrons. The van der Waals surface area contributed by atoms with Crippen molar-refractivity contribution in [3.8, 4) is 0 Å². The Bertz CT molecular complexity index is 473. The number of ether oxygens (including phenoxy) is 1. The van der Waals surface area contributed by atoms with Gasteiger partial charge in [-0.25, -0.2) is 4.79 Å². The van der Waals surface area contributed by atoms with Crippen LogP contribution in [0.4, 0.5) is 0 Å². The molecule has 0 saturated heterocycles. The number of benzene rings is 1. The van der Waals surface area contributed by atoms with Gasteiger partial charge in [0.25, 0.3) is 0 Å². The van der Waals surface area contributed by atoms with Crippen LogP contribution in [0.15, 0.2) is 30.3 Å². The minimum Gasteiger partial charge on any atom is -0.481 e. The normalized spacial score (nSPS) is 11.6. The standard InChI is InChI=1S/C13H15NO6/c15-11(14-10(13(18)19)6-12(16)17)8-20-7-9-4-2-1-3-5-9/h1-5,10H,6-8H2,(H,14,15)(H,16,17)(H,18,19). The molecular formula is C13H15NO6.